The van der Waals surface area contributed by atoms with Crippen molar-refractivity contribution in [3.8, 4) is 0 Å². The van der Waals surface area contributed by atoms with Gasteiger partial charge in [0.25, 0.3) is 0 Å². The predicted octanol–water partition coefficient (Wildman–Crippen LogP) is 0.349. The quantitative estimate of drug-likeness (QED) is 0.728. The molecule has 2 rings (SSSR count). The summed E-state index contributed by atoms with van der Waals surface area (Å²) in [6.07, 6.45) is 0.161. The summed E-state index contributed by atoms with van der Waals surface area (Å²) < 4.78 is 0. The Bertz CT molecular complexity index is 450. The second-order valence-electron chi connectivity index (χ2n) is 3.76. The lowest BCUT2D eigenvalue weighted by atomic mass is 10.2. The van der Waals surface area contributed by atoms with E-state index in [4.69, 9.17) is 11.6 Å². The Morgan fingerprint density at radius 3 is 2.88 bits per heavy atom. The molecule has 17 heavy (non-hydrogen) atoms. The molecule has 0 aliphatic carbocycles. The molecule has 0 spiro atoms. The number of rotatable bonds is 3. The van der Waals surface area contributed by atoms with Crippen LogP contribution in [0.4, 0.5) is 0 Å². The van der Waals surface area contributed by atoms with E-state index in [1.807, 2.05) is 18.2 Å². The summed E-state index contributed by atoms with van der Waals surface area (Å²) in [4.78, 5) is 22.6. The van der Waals surface area contributed by atoms with Gasteiger partial charge in [0.05, 0.1) is 6.42 Å². The molecule has 1 saturated heterocycles. The van der Waals surface area contributed by atoms with E-state index >= 15 is 0 Å². The van der Waals surface area contributed by atoms with E-state index in [-0.39, 0.29) is 18.2 Å². The SMILES string of the molecule is O=C1CC(C(=O)NCc2ccccc2Cl)NN1. The Hall–Kier alpha value is -1.59. The molecule has 2 amide bonds. The topological polar surface area (TPSA) is 70.2 Å². The van der Waals surface area contributed by atoms with Gasteiger partial charge in [0.15, 0.2) is 0 Å². The van der Waals surface area contributed by atoms with Crippen LogP contribution in [0.2, 0.25) is 5.02 Å². The maximum atomic E-state index is 11.7. The van der Waals surface area contributed by atoms with Crippen LogP contribution in [0.15, 0.2) is 24.3 Å². The van der Waals surface area contributed by atoms with Crippen molar-refractivity contribution in [2.24, 2.45) is 0 Å². The molecule has 0 saturated carbocycles. The maximum absolute atomic E-state index is 11.7. The summed E-state index contributed by atoms with van der Waals surface area (Å²) in [6.45, 7) is 0.352. The van der Waals surface area contributed by atoms with Crippen molar-refractivity contribution in [3.05, 3.63) is 34.9 Å². The van der Waals surface area contributed by atoms with Crippen molar-refractivity contribution < 1.29 is 9.59 Å². The number of halogens is 1. The number of carbonyl (C=O) groups is 2. The van der Waals surface area contributed by atoms with E-state index in [2.05, 4.69) is 16.2 Å². The zero-order valence-electron chi connectivity index (χ0n) is 9.00. The Balaban J connectivity index is 1.88. The number of hydrogen-bond acceptors (Lipinski definition) is 3. The minimum atomic E-state index is -0.509. The minimum absolute atomic E-state index is 0.161. The average Bonchev–Trinajstić information content (AvgIpc) is 2.74. The molecule has 1 unspecified atom stereocenters. The summed E-state index contributed by atoms with van der Waals surface area (Å²) in [7, 11) is 0. The van der Waals surface area contributed by atoms with Gasteiger partial charge in [-0.05, 0) is 11.6 Å². The van der Waals surface area contributed by atoms with Gasteiger partial charge in [-0.2, -0.15) is 0 Å². The van der Waals surface area contributed by atoms with Crippen molar-refractivity contribution in [3.63, 3.8) is 0 Å². The number of hydrazine groups is 1. The molecular weight excluding hydrogens is 242 g/mol. The first kappa shape index (κ1) is 11.9. The Labute approximate surface area is 103 Å². The summed E-state index contributed by atoms with van der Waals surface area (Å²) in [6, 6.07) is 6.78. The largest absolute Gasteiger partial charge is 0.351 e. The van der Waals surface area contributed by atoms with Crippen LogP contribution in [0, 0.1) is 0 Å². The number of nitrogens with one attached hydrogen (secondary N) is 3. The van der Waals surface area contributed by atoms with Crippen LogP contribution in [0.5, 0.6) is 0 Å². The molecule has 90 valence electrons. The molecule has 1 aliphatic heterocycles. The van der Waals surface area contributed by atoms with E-state index in [1.165, 1.54) is 0 Å². The third-order valence-corrected chi connectivity index (χ3v) is 2.87. The zero-order chi connectivity index (χ0) is 12.3. The van der Waals surface area contributed by atoms with Crippen molar-refractivity contribution >= 4 is 23.4 Å². The molecule has 1 atom stereocenters. The van der Waals surface area contributed by atoms with E-state index in [9.17, 15) is 9.59 Å². The van der Waals surface area contributed by atoms with E-state index in [1.54, 1.807) is 6.07 Å². The maximum Gasteiger partial charge on any atom is 0.239 e. The summed E-state index contributed by atoms with van der Waals surface area (Å²) in [5.74, 6) is -0.397. The van der Waals surface area contributed by atoms with Crippen molar-refractivity contribution in [2.75, 3.05) is 0 Å². The van der Waals surface area contributed by atoms with Crippen molar-refractivity contribution in [1.82, 2.24) is 16.2 Å². The fourth-order valence-corrected chi connectivity index (χ4v) is 1.76. The van der Waals surface area contributed by atoms with Crippen LogP contribution in [-0.4, -0.2) is 17.9 Å². The Kier molecular flexibility index (Phi) is 3.61. The number of hydrogen-bond donors (Lipinski definition) is 3. The molecule has 1 aliphatic rings. The minimum Gasteiger partial charge on any atom is -0.351 e. The van der Waals surface area contributed by atoms with Crippen LogP contribution < -0.4 is 16.2 Å². The smallest absolute Gasteiger partial charge is 0.239 e. The van der Waals surface area contributed by atoms with E-state index in [0.717, 1.165) is 5.56 Å². The number of benzene rings is 1. The lowest BCUT2D eigenvalue weighted by molar-refractivity contribution is -0.124. The third kappa shape index (κ3) is 2.95. The van der Waals surface area contributed by atoms with Crippen LogP contribution in [-0.2, 0) is 16.1 Å². The normalized spacial score (nSPS) is 18.9. The first-order chi connectivity index (χ1) is 8.16. The lowest BCUT2D eigenvalue weighted by Crippen LogP contribution is -2.43. The molecule has 1 aromatic rings. The highest BCUT2D eigenvalue weighted by molar-refractivity contribution is 6.31. The lowest BCUT2D eigenvalue weighted by Gasteiger charge is -2.10. The van der Waals surface area contributed by atoms with Crippen LogP contribution in [0.25, 0.3) is 0 Å². The molecular formula is C11H12ClN3O2. The highest BCUT2D eigenvalue weighted by atomic mass is 35.5. The average molecular weight is 254 g/mol. The van der Waals surface area contributed by atoms with Gasteiger partial charge in [-0.25, -0.2) is 5.43 Å². The van der Waals surface area contributed by atoms with Gasteiger partial charge in [0.1, 0.15) is 6.04 Å². The summed E-state index contributed by atoms with van der Waals surface area (Å²) in [5.41, 5.74) is 5.84. The van der Waals surface area contributed by atoms with Crippen LogP contribution in [0.3, 0.4) is 0 Å². The third-order valence-electron chi connectivity index (χ3n) is 2.50. The predicted molar refractivity (Wildman–Crippen MR) is 63.0 cm³/mol. The highest BCUT2D eigenvalue weighted by Crippen LogP contribution is 2.14. The van der Waals surface area contributed by atoms with E-state index in [0.29, 0.717) is 11.6 Å². The summed E-state index contributed by atoms with van der Waals surface area (Å²) >= 11 is 5.96. The molecule has 6 heteroatoms. The van der Waals surface area contributed by atoms with Crippen molar-refractivity contribution in [2.45, 2.75) is 19.0 Å². The standard InChI is InChI=1S/C11H12ClN3O2/c12-8-4-2-1-3-7(8)6-13-11(17)9-5-10(16)15-14-9/h1-4,9,14H,5-6H2,(H,13,17)(H,15,16). The van der Waals surface area contributed by atoms with Crippen molar-refractivity contribution in [1.29, 1.82) is 0 Å². The van der Waals surface area contributed by atoms with Gasteiger partial charge in [0, 0.05) is 11.6 Å². The summed E-state index contributed by atoms with van der Waals surface area (Å²) in [5, 5.41) is 3.34. The van der Waals surface area contributed by atoms with Gasteiger partial charge in [0.2, 0.25) is 11.8 Å². The zero-order valence-corrected chi connectivity index (χ0v) is 9.75. The molecule has 3 N–H and O–H groups in total. The molecule has 0 radical (unpaired) electrons. The second kappa shape index (κ2) is 5.16. The fraction of sp³-hybridized carbons (Fsp3) is 0.273. The van der Waals surface area contributed by atoms with Crippen LogP contribution >= 0.6 is 11.6 Å². The molecule has 0 bridgehead atoms. The highest BCUT2D eigenvalue weighted by Gasteiger charge is 2.27. The number of carbonyl (C=O) groups excluding carboxylic acids is 2. The molecule has 1 fully saturated rings. The fourth-order valence-electron chi connectivity index (χ4n) is 1.56. The number of amides is 2. The first-order valence-electron chi connectivity index (χ1n) is 5.22. The van der Waals surface area contributed by atoms with Gasteiger partial charge in [-0.15, -0.1) is 0 Å². The molecule has 1 heterocycles. The molecule has 1 aromatic carbocycles. The van der Waals surface area contributed by atoms with Gasteiger partial charge in [-0.1, -0.05) is 29.8 Å². The molecule has 5 nitrogen and oxygen atoms in total. The first-order valence-corrected chi connectivity index (χ1v) is 5.60. The van der Waals surface area contributed by atoms with Gasteiger partial charge >= 0.3 is 0 Å². The Morgan fingerprint density at radius 1 is 1.47 bits per heavy atom. The monoisotopic (exact) mass is 253 g/mol. The van der Waals surface area contributed by atoms with Gasteiger partial charge in [-0.3, -0.25) is 15.0 Å². The van der Waals surface area contributed by atoms with Crippen LogP contribution in [0.1, 0.15) is 12.0 Å². The molecule has 0 aromatic heterocycles. The second-order valence-corrected chi connectivity index (χ2v) is 4.17. The van der Waals surface area contributed by atoms with E-state index < -0.39 is 6.04 Å². The Morgan fingerprint density at radius 2 is 2.24 bits per heavy atom. The van der Waals surface area contributed by atoms with Gasteiger partial charge < -0.3 is 5.32 Å².